The maximum atomic E-state index is 11.0. The SMILES string of the molecule is CCOC(=O)/C=C/c1cncc(OC)n1. The van der Waals surface area contributed by atoms with Gasteiger partial charge in [0.25, 0.3) is 0 Å². The molecular weight excluding hydrogens is 196 g/mol. The van der Waals surface area contributed by atoms with E-state index < -0.39 is 5.97 Å². The minimum absolute atomic E-state index is 0.354. The first kappa shape index (κ1) is 11.2. The highest BCUT2D eigenvalue weighted by Gasteiger charge is 1.97. The highest BCUT2D eigenvalue weighted by Crippen LogP contribution is 2.05. The van der Waals surface area contributed by atoms with Crippen LogP contribution in [0.5, 0.6) is 5.88 Å². The summed E-state index contributed by atoms with van der Waals surface area (Å²) in [7, 11) is 1.50. The highest BCUT2D eigenvalue weighted by molar-refractivity contribution is 5.86. The Kier molecular flexibility index (Phi) is 4.28. The lowest BCUT2D eigenvalue weighted by atomic mass is 10.4. The Balaban J connectivity index is 2.67. The van der Waals surface area contributed by atoms with Crippen LogP contribution in [0, 0.1) is 0 Å². The van der Waals surface area contributed by atoms with E-state index in [0.717, 1.165) is 0 Å². The molecule has 0 bridgehead atoms. The summed E-state index contributed by atoms with van der Waals surface area (Å²) in [5.74, 6) is 0.00290. The predicted molar refractivity (Wildman–Crippen MR) is 54.3 cm³/mol. The maximum absolute atomic E-state index is 11.0. The van der Waals surface area contributed by atoms with Gasteiger partial charge in [-0.1, -0.05) is 0 Å². The molecule has 0 unspecified atom stereocenters. The summed E-state index contributed by atoms with van der Waals surface area (Å²) in [5.41, 5.74) is 0.544. The number of esters is 1. The molecule has 5 heteroatoms. The molecule has 0 saturated heterocycles. The zero-order valence-corrected chi connectivity index (χ0v) is 8.64. The fourth-order valence-electron chi connectivity index (χ4n) is 0.885. The number of hydrogen-bond acceptors (Lipinski definition) is 5. The maximum Gasteiger partial charge on any atom is 0.330 e. The van der Waals surface area contributed by atoms with Crippen molar-refractivity contribution in [2.24, 2.45) is 0 Å². The summed E-state index contributed by atoms with van der Waals surface area (Å²) in [6.07, 6.45) is 5.83. The second-order valence-electron chi connectivity index (χ2n) is 2.57. The van der Waals surface area contributed by atoms with E-state index in [9.17, 15) is 4.79 Å². The van der Waals surface area contributed by atoms with E-state index in [1.54, 1.807) is 6.92 Å². The molecule has 0 aliphatic rings. The zero-order chi connectivity index (χ0) is 11.1. The molecule has 0 fully saturated rings. The molecule has 1 aromatic rings. The van der Waals surface area contributed by atoms with E-state index in [1.165, 1.54) is 31.7 Å². The van der Waals surface area contributed by atoms with Crippen molar-refractivity contribution in [3.05, 3.63) is 24.2 Å². The van der Waals surface area contributed by atoms with Gasteiger partial charge in [-0.3, -0.25) is 4.98 Å². The lowest BCUT2D eigenvalue weighted by Gasteiger charge is -1.98. The van der Waals surface area contributed by atoms with Crippen LogP contribution in [0.3, 0.4) is 0 Å². The normalized spacial score (nSPS) is 10.3. The first-order valence-electron chi connectivity index (χ1n) is 4.47. The second kappa shape index (κ2) is 5.74. The Morgan fingerprint density at radius 2 is 2.33 bits per heavy atom. The first-order valence-corrected chi connectivity index (χ1v) is 4.47. The molecule has 80 valence electrons. The second-order valence-corrected chi connectivity index (χ2v) is 2.57. The number of carbonyl (C=O) groups excluding carboxylic acids is 1. The van der Waals surface area contributed by atoms with E-state index >= 15 is 0 Å². The minimum atomic E-state index is -0.401. The van der Waals surface area contributed by atoms with Crippen molar-refractivity contribution in [3.63, 3.8) is 0 Å². The van der Waals surface area contributed by atoms with Crippen LogP contribution in [0.1, 0.15) is 12.6 Å². The van der Waals surface area contributed by atoms with Crippen molar-refractivity contribution in [1.82, 2.24) is 9.97 Å². The Morgan fingerprint density at radius 3 is 3.00 bits per heavy atom. The van der Waals surface area contributed by atoms with Crippen LogP contribution < -0.4 is 4.74 Å². The molecule has 0 aliphatic carbocycles. The number of aromatic nitrogens is 2. The van der Waals surface area contributed by atoms with Crippen LogP contribution in [-0.4, -0.2) is 29.7 Å². The summed E-state index contributed by atoms with van der Waals surface area (Å²) in [6.45, 7) is 2.10. The van der Waals surface area contributed by atoms with Gasteiger partial charge in [0.1, 0.15) is 0 Å². The molecule has 15 heavy (non-hydrogen) atoms. The number of rotatable bonds is 4. The fraction of sp³-hybridized carbons (Fsp3) is 0.300. The molecule has 0 atom stereocenters. The smallest absolute Gasteiger partial charge is 0.330 e. The van der Waals surface area contributed by atoms with E-state index in [0.29, 0.717) is 18.2 Å². The fourth-order valence-corrected chi connectivity index (χ4v) is 0.885. The monoisotopic (exact) mass is 208 g/mol. The molecule has 0 aromatic carbocycles. The number of methoxy groups -OCH3 is 1. The molecule has 0 amide bonds. The largest absolute Gasteiger partial charge is 0.480 e. The number of nitrogens with zero attached hydrogens (tertiary/aromatic N) is 2. The first-order chi connectivity index (χ1) is 7.26. The van der Waals surface area contributed by atoms with Crippen LogP contribution in [0.2, 0.25) is 0 Å². The zero-order valence-electron chi connectivity index (χ0n) is 8.64. The topological polar surface area (TPSA) is 61.3 Å². The Bertz CT molecular complexity index is 363. The van der Waals surface area contributed by atoms with Gasteiger partial charge in [-0.25, -0.2) is 9.78 Å². The molecule has 1 aromatic heterocycles. The number of hydrogen-bond donors (Lipinski definition) is 0. The van der Waals surface area contributed by atoms with Crippen LogP contribution >= 0.6 is 0 Å². The molecule has 0 spiro atoms. The van der Waals surface area contributed by atoms with Crippen molar-refractivity contribution >= 4 is 12.0 Å². The summed E-state index contributed by atoms with van der Waals surface area (Å²) < 4.78 is 9.60. The summed E-state index contributed by atoms with van der Waals surface area (Å²) in [5, 5.41) is 0. The average Bonchev–Trinajstić information content (AvgIpc) is 2.27. The van der Waals surface area contributed by atoms with Gasteiger partial charge < -0.3 is 9.47 Å². The van der Waals surface area contributed by atoms with E-state index in [4.69, 9.17) is 9.47 Å². The Morgan fingerprint density at radius 1 is 1.53 bits per heavy atom. The molecule has 1 rings (SSSR count). The van der Waals surface area contributed by atoms with Crippen LogP contribution in [0.4, 0.5) is 0 Å². The molecule has 5 nitrogen and oxygen atoms in total. The molecule has 1 heterocycles. The van der Waals surface area contributed by atoms with Crippen LogP contribution in [0.15, 0.2) is 18.5 Å². The number of carbonyl (C=O) groups is 1. The average molecular weight is 208 g/mol. The third kappa shape index (κ3) is 3.76. The van der Waals surface area contributed by atoms with Crippen molar-refractivity contribution in [2.75, 3.05) is 13.7 Å². The molecule has 0 radical (unpaired) electrons. The van der Waals surface area contributed by atoms with Gasteiger partial charge in [0.15, 0.2) is 0 Å². The van der Waals surface area contributed by atoms with Crippen molar-refractivity contribution in [3.8, 4) is 5.88 Å². The van der Waals surface area contributed by atoms with Gasteiger partial charge in [0.05, 0.1) is 31.8 Å². The Labute approximate surface area is 87.8 Å². The Hall–Kier alpha value is -1.91. The molecular formula is C10H12N2O3. The van der Waals surface area contributed by atoms with Gasteiger partial charge in [0.2, 0.25) is 5.88 Å². The third-order valence-electron chi connectivity index (χ3n) is 1.52. The molecule has 0 saturated carbocycles. The molecule has 0 N–H and O–H groups in total. The van der Waals surface area contributed by atoms with E-state index in [-0.39, 0.29) is 0 Å². The highest BCUT2D eigenvalue weighted by atomic mass is 16.5. The van der Waals surface area contributed by atoms with E-state index in [2.05, 4.69) is 9.97 Å². The standard InChI is InChI=1S/C10H12N2O3/c1-3-15-10(13)5-4-8-6-11-7-9(12-8)14-2/h4-7H,3H2,1-2H3/b5-4+. The van der Waals surface area contributed by atoms with Gasteiger partial charge in [-0.05, 0) is 13.0 Å². The van der Waals surface area contributed by atoms with Gasteiger partial charge in [-0.2, -0.15) is 0 Å². The van der Waals surface area contributed by atoms with Crippen molar-refractivity contribution in [2.45, 2.75) is 6.92 Å². The van der Waals surface area contributed by atoms with Gasteiger partial charge >= 0.3 is 5.97 Å². The van der Waals surface area contributed by atoms with Crippen molar-refractivity contribution < 1.29 is 14.3 Å². The summed E-state index contributed by atoms with van der Waals surface area (Å²) >= 11 is 0. The minimum Gasteiger partial charge on any atom is -0.480 e. The predicted octanol–water partition coefficient (Wildman–Crippen LogP) is 1.06. The van der Waals surface area contributed by atoms with Gasteiger partial charge in [-0.15, -0.1) is 0 Å². The van der Waals surface area contributed by atoms with Crippen LogP contribution in [-0.2, 0) is 9.53 Å². The lowest BCUT2D eigenvalue weighted by molar-refractivity contribution is -0.137. The van der Waals surface area contributed by atoms with E-state index in [1.807, 2.05) is 0 Å². The lowest BCUT2D eigenvalue weighted by Crippen LogP contribution is -1.99. The third-order valence-corrected chi connectivity index (χ3v) is 1.52. The van der Waals surface area contributed by atoms with Crippen LogP contribution in [0.25, 0.3) is 6.08 Å². The van der Waals surface area contributed by atoms with Gasteiger partial charge in [0, 0.05) is 6.08 Å². The summed E-state index contributed by atoms with van der Waals surface area (Å²) in [6, 6.07) is 0. The summed E-state index contributed by atoms with van der Waals surface area (Å²) in [4.78, 5) is 18.9. The molecule has 0 aliphatic heterocycles. The number of ether oxygens (including phenoxy) is 2. The quantitative estimate of drug-likeness (QED) is 0.547. The van der Waals surface area contributed by atoms with Crippen molar-refractivity contribution in [1.29, 1.82) is 0 Å².